The van der Waals surface area contributed by atoms with Gasteiger partial charge in [0.1, 0.15) is 5.75 Å². The molecule has 2 aromatic heterocycles. The van der Waals surface area contributed by atoms with E-state index in [0.29, 0.717) is 6.54 Å². The van der Waals surface area contributed by atoms with Crippen LogP contribution >= 0.6 is 23.7 Å². The van der Waals surface area contributed by atoms with Crippen molar-refractivity contribution in [2.24, 2.45) is 0 Å². The molecule has 3 heterocycles. The van der Waals surface area contributed by atoms with Crippen molar-refractivity contribution >= 4 is 29.7 Å². The maximum absolute atomic E-state index is 13.1. The second-order valence-corrected chi connectivity index (χ2v) is 6.85. The molecular formula is C18H24ClN3O2S. The molecule has 1 aliphatic heterocycles. The minimum absolute atomic E-state index is 0. The van der Waals surface area contributed by atoms with Crippen LogP contribution in [0.4, 0.5) is 0 Å². The number of thiophene rings is 1. The number of hydrogen-bond donors (Lipinski definition) is 1. The van der Waals surface area contributed by atoms with Gasteiger partial charge in [-0.1, -0.05) is 6.07 Å². The number of halogens is 1. The molecule has 1 amide bonds. The number of hydrogen-bond acceptors (Lipinski definition) is 5. The number of methoxy groups -OCH3 is 1. The van der Waals surface area contributed by atoms with Crippen molar-refractivity contribution in [3.63, 3.8) is 0 Å². The molecule has 0 radical (unpaired) electrons. The lowest BCUT2D eigenvalue weighted by Gasteiger charge is -2.30. The average molecular weight is 382 g/mol. The fourth-order valence-electron chi connectivity index (χ4n) is 3.02. The van der Waals surface area contributed by atoms with Crippen LogP contribution in [0.2, 0.25) is 0 Å². The van der Waals surface area contributed by atoms with Gasteiger partial charge in [0.15, 0.2) is 0 Å². The Morgan fingerprint density at radius 3 is 3.00 bits per heavy atom. The molecule has 136 valence electrons. The predicted octanol–water partition coefficient (Wildman–Crippen LogP) is 3.36. The summed E-state index contributed by atoms with van der Waals surface area (Å²) in [6.07, 6.45) is 4.86. The Morgan fingerprint density at radius 1 is 1.40 bits per heavy atom. The third-order valence-corrected chi connectivity index (χ3v) is 5.22. The molecule has 3 rings (SSSR count). The van der Waals surface area contributed by atoms with Gasteiger partial charge in [-0.2, -0.15) is 0 Å². The van der Waals surface area contributed by atoms with E-state index in [-0.39, 0.29) is 24.4 Å². The van der Waals surface area contributed by atoms with Crippen molar-refractivity contribution in [1.82, 2.24) is 15.2 Å². The molecule has 5 nitrogen and oxygen atoms in total. The second kappa shape index (κ2) is 9.75. The van der Waals surface area contributed by atoms with Crippen LogP contribution in [0.5, 0.6) is 5.75 Å². The molecule has 1 atom stereocenters. The van der Waals surface area contributed by atoms with E-state index >= 15 is 0 Å². The fraction of sp³-hybridized carbons (Fsp3) is 0.444. The van der Waals surface area contributed by atoms with Gasteiger partial charge in [0.05, 0.1) is 24.2 Å². The van der Waals surface area contributed by atoms with E-state index in [1.807, 2.05) is 34.5 Å². The zero-order valence-corrected chi connectivity index (χ0v) is 15.9. The molecule has 1 unspecified atom stereocenters. The SMILES string of the molecule is COc1csc(C(=O)N(Cc2ccccn2)C2CCCNCC2)c1.Cl. The molecule has 25 heavy (non-hydrogen) atoms. The summed E-state index contributed by atoms with van der Waals surface area (Å²) in [6, 6.07) is 7.91. The summed E-state index contributed by atoms with van der Waals surface area (Å²) >= 11 is 1.44. The molecule has 1 saturated heterocycles. The lowest BCUT2D eigenvalue weighted by atomic mass is 10.1. The number of ether oxygens (including phenoxy) is 1. The summed E-state index contributed by atoms with van der Waals surface area (Å²) in [4.78, 5) is 20.2. The van der Waals surface area contributed by atoms with Crippen LogP contribution in [0, 0.1) is 0 Å². The van der Waals surface area contributed by atoms with Crippen molar-refractivity contribution in [2.45, 2.75) is 31.8 Å². The number of amides is 1. The Bertz CT molecular complexity index is 657. The summed E-state index contributed by atoms with van der Waals surface area (Å²) in [5.74, 6) is 0.810. The highest BCUT2D eigenvalue weighted by Gasteiger charge is 2.27. The van der Waals surface area contributed by atoms with Crippen molar-refractivity contribution in [3.05, 3.63) is 46.4 Å². The first-order chi connectivity index (χ1) is 11.8. The first-order valence-electron chi connectivity index (χ1n) is 8.32. The summed E-state index contributed by atoms with van der Waals surface area (Å²) in [5.41, 5.74) is 0.923. The fourth-order valence-corrected chi connectivity index (χ4v) is 3.83. The van der Waals surface area contributed by atoms with Gasteiger partial charge in [-0.3, -0.25) is 9.78 Å². The van der Waals surface area contributed by atoms with E-state index in [1.54, 1.807) is 13.3 Å². The lowest BCUT2D eigenvalue weighted by Crippen LogP contribution is -2.40. The summed E-state index contributed by atoms with van der Waals surface area (Å²) in [6.45, 7) is 2.52. The molecule has 0 spiro atoms. The number of carbonyl (C=O) groups is 1. The van der Waals surface area contributed by atoms with E-state index in [4.69, 9.17) is 4.74 Å². The monoisotopic (exact) mass is 381 g/mol. The van der Waals surface area contributed by atoms with Crippen LogP contribution in [-0.2, 0) is 6.54 Å². The Balaban J connectivity index is 0.00000225. The number of nitrogens with one attached hydrogen (secondary N) is 1. The number of nitrogens with zero attached hydrogens (tertiary/aromatic N) is 2. The molecule has 1 aliphatic rings. The van der Waals surface area contributed by atoms with Crippen molar-refractivity contribution < 1.29 is 9.53 Å². The van der Waals surface area contributed by atoms with E-state index < -0.39 is 0 Å². The van der Waals surface area contributed by atoms with Crippen LogP contribution in [-0.4, -0.2) is 42.0 Å². The topological polar surface area (TPSA) is 54.5 Å². The molecule has 0 bridgehead atoms. The molecule has 2 aromatic rings. The van der Waals surface area contributed by atoms with Gasteiger partial charge in [0, 0.05) is 23.7 Å². The number of rotatable bonds is 5. The predicted molar refractivity (Wildman–Crippen MR) is 103 cm³/mol. The van der Waals surface area contributed by atoms with Gasteiger partial charge in [-0.25, -0.2) is 0 Å². The number of pyridine rings is 1. The standard InChI is InChI=1S/C18H23N3O2S.ClH/c1-23-16-11-17(24-13-16)18(22)21(12-14-5-2-3-9-20-14)15-6-4-8-19-10-7-15;/h2-3,5,9,11,13,15,19H,4,6-8,10,12H2,1H3;1H. The maximum atomic E-state index is 13.1. The third kappa shape index (κ3) is 5.17. The smallest absolute Gasteiger partial charge is 0.264 e. The zero-order valence-electron chi connectivity index (χ0n) is 14.3. The van der Waals surface area contributed by atoms with Gasteiger partial charge >= 0.3 is 0 Å². The van der Waals surface area contributed by atoms with Crippen LogP contribution in [0.15, 0.2) is 35.8 Å². The molecule has 0 saturated carbocycles. The van der Waals surface area contributed by atoms with Gasteiger partial charge in [0.2, 0.25) is 0 Å². The highest BCUT2D eigenvalue weighted by molar-refractivity contribution is 7.12. The minimum atomic E-state index is 0. The first kappa shape index (κ1) is 19.7. The molecule has 0 aliphatic carbocycles. The molecule has 7 heteroatoms. The van der Waals surface area contributed by atoms with Crippen LogP contribution in [0.3, 0.4) is 0 Å². The van der Waals surface area contributed by atoms with Crippen LogP contribution in [0.1, 0.15) is 34.6 Å². The van der Waals surface area contributed by atoms with Crippen molar-refractivity contribution in [2.75, 3.05) is 20.2 Å². The Kier molecular flexibility index (Phi) is 7.68. The molecule has 0 aromatic carbocycles. The molecule has 1 N–H and O–H groups in total. The lowest BCUT2D eigenvalue weighted by molar-refractivity contribution is 0.0647. The second-order valence-electron chi connectivity index (χ2n) is 5.94. The number of carbonyl (C=O) groups excluding carboxylic acids is 1. The summed E-state index contributed by atoms with van der Waals surface area (Å²) < 4.78 is 5.23. The van der Waals surface area contributed by atoms with E-state index in [2.05, 4.69) is 10.3 Å². The quantitative estimate of drug-likeness (QED) is 0.862. The van der Waals surface area contributed by atoms with Crippen LogP contribution in [0.25, 0.3) is 0 Å². The summed E-state index contributed by atoms with van der Waals surface area (Å²) in [5, 5.41) is 5.29. The minimum Gasteiger partial charge on any atom is -0.496 e. The summed E-state index contributed by atoms with van der Waals surface area (Å²) in [7, 11) is 1.62. The maximum Gasteiger partial charge on any atom is 0.264 e. The van der Waals surface area contributed by atoms with Gasteiger partial charge in [0.25, 0.3) is 5.91 Å². The highest BCUT2D eigenvalue weighted by atomic mass is 35.5. The van der Waals surface area contributed by atoms with Gasteiger partial charge < -0.3 is 15.0 Å². The normalized spacial score (nSPS) is 17.2. The Labute approximate surface area is 158 Å². The Hall–Kier alpha value is -1.63. The Morgan fingerprint density at radius 2 is 2.28 bits per heavy atom. The van der Waals surface area contributed by atoms with Gasteiger partial charge in [-0.05, 0) is 44.5 Å². The number of aromatic nitrogens is 1. The molecule has 1 fully saturated rings. The third-order valence-electron chi connectivity index (χ3n) is 4.33. The first-order valence-corrected chi connectivity index (χ1v) is 9.20. The van der Waals surface area contributed by atoms with E-state index in [1.165, 1.54) is 11.3 Å². The largest absolute Gasteiger partial charge is 0.496 e. The highest BCUT2D eigenvalue weighted by Crippen LogP contribution is 2.26. The average Bonchev–Trinajstić information content (AvgIpc) is 2.95. The van der Waals surface area contributed by atoms with Crippen molar-refractivity contribution in [3.8, 4) is 5.75 Å². The zero-order chi connectivity index (χ0) is 16.8. The van der Waals surface area contributed by atoms with Crippen LogP contribution < -0.4 is 10.1 Å². The van der Waals surface area contributed by atoms with Crippen molar-refractivity contribution in [1.29, 1.82) is 0 Å². The van der Waals surface area contributed by atoms with Gasteiger partial charge in [-0.15, -0.1) is 23.7 Å². The van der Waals surface area contributed by atoms with E-state index in [9.17, 15) is 4.79 Å². The molecular weight excluding hydrogens is 358 g/mol. The van der Waals surface area contributed by atoms with E-state index in [0.717, 1.165) is 48.7 Å².